The summed E-state index contributed by atoms with van der Waals surface area (Å²) in [5.74, 6) is 0.269. The van der Waals surface area contributed by atoms with Gasteiger partial charge >= 0.3 is 6.18 Å². The van der Waals surface area contributed by atoms with Gasteiger partial charge in [-0.3, -0.25) is 0 Å². The molecule has 0 aromatic carbocycles. The van der Waals surface area contributed by atoms with Crippen LogP contribution in [0.15, 0.2) is 17.2 Å². The molecule has 1 heterocycles. The number of rotatable bonds is 3. The van der Waals surface area contributed by atoms with Crippen molar-refractivity contribution in [3.63, 3.8) is 0 Å². The first kappa shape index (κ1) is 13.5. The molecule has 0 bridgehead atoms. The first-order valence-corrected chi connectivity index (χ1v) is 6.80. The summed E-state index contributed by atoms with van der Waals surface area (Å²) >= 11 is 1.46. The minimum atomic E-state index is -4.32. The maximum atomic E-state index is 12.7. The van der Waals surface area contributed by atoms with Crippen LogP contribution in [-0.4, -0.2) is 17.3 Å². The molecular weight excluding hydrogens is 261 g/mol. The summed E-state index contributed by atoms with van der Waals surface area (Å²) in [6, 6.07) is 2.18. The van der Waals surface area contributed by atoms with Crippen LogP contribution in [0.2, 0.25) is 0 Å². The number of alkyl halides is 3. The molecule has 1 aromatic rings. The van der Waals surface area contributed by atoms with Gasteiger partial charge in [-0.25, -0.2) is 4.98 Å². The highest BCUT2D eigenvalue weighted by molar-refractivity contribution is 7.99. The van der Waals surface area contributed by atoms with Crippen LogP contribution in [0.1, 0.15) is 31.2 Å². The van der Waals surface area contributed by atoms with E-state index in [-0.39, 0.29) is 5.82 Å². The lowest BCUT2D eigenvalue weighted by molar-refractivity contribution is -0.137. The third kappa shape index (κ3) is 3.31. The van der Waals surface area contributed by atoms with Gasteiger partial charge < -0.3 is 5.32 Å². The lowest BCUT2D eigenvalue weighted by Gasteiger charge is -2.13. The largest absolute Gasteiger partial charge is 0.416 e. The summed E-state index contributed by atoms with van der Waals surface area (Å²) in [5, 5.41) is 3.55. The molecule has 18 heavy (non-hydrogen) atoms. The zero-order valence-corrected chi connectivity index (χ0v) is 10.9. The van der Waals surface area contributed by atoms with E-state index in [1.165, 1.54) is 11.8 Å². The molecule has 1 fully saturated rings. The Morgan fingerprint density at radius 1 is 1.28 bits per heavy atom. The van der Waals surface area contributed by atoms with Crippen LogP contribution < -0.4 is 5.32 Å². The number of pyridine rings is 1. The van der Waals surface area contributed by atoms with E-state index in [1.807, 2.05) is 0 Å². The highest BCUT2D eigenvalue weighted by atomic mass is 32.2. The number of thioether (sulfide) groups is 1. The molecule has 2 rings (SSSR count). The van der Waals surface area contributed by atoms with Crippen LogP contribution in [0.3, 0.4) is 0 Å². The van der Waals surface area contributed by atoms with Gasteiger partial charge in [-0.05, 0) is 25.0 Å². The summed E-state index contributed by atoms with van der Waals surface area (Å²) in [6.07, 6.45) is 0.138. The predicted octanol–water partition coefficient (Wildman–Crippen LogP) is 4.18. The van der Waals surface area contributed by atoms with Gasteiger partial charge in [0.1, 0.15) is 5.82 Å². The van der Waals surface area contributed by atoms with E-state index in [4.69, 9.17) is 0 Å². The average molecular weight is 276 g/mol. The summed E-state index contributed by atoms with van der Waals surface area (Å²) in [7, 11) is 1.58. The molecule has 0 atom stereocenters. The van der Waals surface area contributed by atoms with E-state index in [9.17, 15) is 13.2 Å². The van der Waals surface area contributed by atoms with E-state index in [2.05, 4.69) is 10.3 Å². The highest BCUT2D eigenvalue weighted by Crippen LogP contribution is 2.37. The highest BCUT2D eigenvalue weighted by Gasteiger charge is 2.32. The Bertz CT molecular complexity index is 414. The molecule has 0 aliphatic heterocycles. The van der Waals surface area contributed by atoms with Crippen molar-refractivity contribution in [2.75, 3.05) is 12.4 Å². The average Bonchev–Trinajstić information content (AvgIpc) is 2.80. The molecular formula is C12H15F3N2S. The third-order valence-electron chi connectivity index (χ3n) is 2.97. The number of hydrogen-bond acceptors (Lipinski definition) is 3. The zero-order chi connectivity index (χ0) is 13.2. The Kier molecular flexibility index (Phi) is 4.04. The van der Waals surface area contributed by atoms with Gasteiger partial charge in [0.2, 0.25) is 0 Å². The van der Waals surface area contributed by atoms with Crippen molar-refractivity contribution in [1.82, 2.24) is 4.98 Å². The Morgan fingerprint density at radius 2 is 1.94 bits per heavy atom. The maximum Gasteiger partial charge on any atom is 0.416 e. The first-order chi connectivity index (χ1) is 8.49. The smallest absolute Gasteiger partial charge is 0.373 e. The predicted molar refractivity (Wildman–Crippen MR) is 66.9 cm³/mol. The lowest BCUT2D eigenvalue weighted by Crippen LogP contribution is -2.08. The molecule has 1 saturated carbocycles. The Labute approximate surface area is 108 Å². The van der Waals surface area contributed by atoms with Gasteiger partial charge in [0, 0.05) is 12.3 Å². The van der Waals surface area contributed by atoms with Gasteiger partial charge in [-0.1, -0.05) is 12.8 Å². The number of halogens is 3. The zero-order valence-electron chi connectivity index (χ0n) is 10.0. The fraction of sp³-hybridized carbons (Fsp3) is 0.583. The normalized spacial score (nSPS) is 17.1. The second kappa shape index (κ2) is 5.38. The summed E-state index contributed by atoms with van der Waals surface area (Å²) in [4.78, 5) is 4.18. The molecule has 0 radical (unpaired) electrons. The summed E-state index contributed by atoms with van der Waals surface area (Å²) in [6.45, 7) is 0. The van der Waals surface area contributed by atoms with Crippen molar-refractivity contribution in [1.29, 1.82) is 0 Å². The second-order valence-corrected chi connectivity index (χ2v) is 5.67. The minimum absolute atomic E-state index is 0.269. The standard InChI is InChI=1S/C12H15F3N2S/c1-16-10-6-8(12(13,14)15)7-11(17-10)18-9-4-2-3-5-9/h6-7,9H,2-5H2,1H3,(H,16,17). The van der Waals surface area contributed by atoms with Crippen molar-refractivity contribution >= 4 is 17.6 Å². The van der Waals surface area contributed by atoms with Crippen LogP contribution in [0, 0.1) is 0 Å². The van der Waals surface area contributed by atoms with Crippen LogP contribution >= 0.6 is 11.8 Å². The Hall–Kier alpha value is -0.910. The van der Waals surface area contributed by atoms with Crippen LogP contribution in [-0.2, 0) is 6.18 Å². The van der Waals surface area contributed by atoms with E-state index in [1.54, 1.807) is 7.05 Å². The molecule has 0 spiro atoms. The molecule has 6 heteroatoms. The van der Waals surface area contributed by atoms with Gasteiger partial charge in [0.05, 0.1) is 10.6 Å². The van der Waals surface area contributed by atoms with Gasteiger partial charge in [0.25, 0.3) is 0 Å². The van der Waals surface area contributed by atoms with Crippen molar-refractivity contribution in [3.8, 4) is 0 Å². The fourth-order valence-electron chi connectivity index (χ4n) is 2.03. The molecule has 0 saturated heterocycles. The first-order valence-electron chi connectivity index (χ1n) is 5.93. The van der Waals surface area contributed by atoms with Gasteiger partial charge in [-0.15, -0.1) is 11.8 Å². The molecule has 0 unspecified atom stereocenters. The summed E-state index contributed by atoms with van der Waals surface area (Å²) < 4.78 is 38.2. The monoisotopic (exact) mass is 276 g/mol. The van der Waals surface area contributed by atoms with E-state index < -0.39 is 11.7 Å². The number of aromatic nitrogens is 1. The molecule has 100 valence electrons. The van der Waals surface area contributed by atoms with Crippen molar-refractivity contribution in [3.05, 3.63) is 17.7 Å². The molecule has 1 aliphatic carbocycles. The molecule has 1 aromatic heterocycles. The third-order valence-corrected chi connectivity index (χ3v) is 4.23. The van der Waals surface area contributed by atoms with Crippen molar-refractivity contribution in [2.45, 2.75) is 42.1 Å². The molecule has 1 N–H and O–H groups in total. The Morgan fingerprint density at radius 3 is 2.50 bits per heavy atom. The summed E-state index contributed by atoms with van der Waals surface area (Å²) in [5.41, 5.74) is -0.637. The lowest BCUT2D eigenvalue weighted by atomic mass is 10.2. The second-order valence-electron chi connectivity index (χ2n) is 4.35. The van der Waals surface area contributed by atoms with Crippen LogP contribution in [0.4, 0.5) is 19.0 Å². The van der Waals surface area contributed by atoms with Crippen molar-refractivity contribution < 1.29 is 13.2 Å². The minimum Gasteiger partial charge on any atom is -0.373 e. The van der Waals surface area contributed by atoms with Crippen LogP contribution in [0.25, 0.3) is 0 Å². The fourth-order valence-corrected chi connectivity index (χ4v) is 3.29. The molecule has 2 nitrogen and oxygen atoms in total. The SMILES string of the molecule is CNc1cc(C(F)(F)F)cc(SC2CCCC2)n1. The number of hydrogen-bond donors (Lipinski definition) is 1. The number of anilines is 1. The molecule has 1 aliphatic rings. The maximum absolute atomic E-state index is 12.7. The topological polar surface area (TPSA) is 24.9 Å². The molecule has 0 amide bonds. The van der Waals surface area contributed by atoms with Crippen LogP contribution in [0.5, 0.6) is 0 Å². The van der Waals surface area contributed by atoms with Crippen molar-refractivity contribution in [2.24, 2.45) is 0 Å². The Balaban J connectivity index is 2.23. The van der Waals surface area contributed by atoms with E-state index >= 15 is 0 Å². The van der Waals surface area contributed by atoms with Gasteiger partial charge in [-0.2, -0.15) is 13.2 Å². The van der Waals surface area contributed by atoms with E-state index in [0.29, 0.717) is 10.3 Å². The number of nitrogens with zero attached hydrogens (tertiary/aromatic N) is 1. The number of nitrogens with one attached hydrogen (secondary N) is 1. The van der Waals surface area contributed by atoms with Gasteiger partial charge in [0.15, 0.2) is 0 Å². The quantitative estimate of drug-likeness (QED) is 0.896. The van der Waals surface area contributed by atoms with E-state index in [0.717, 1.165) is 37.8 Å².